The SMILES string of the molecule is CCOc1ccccc1Nc1ccnc(NC)c1. The fourth-order valence-corrected chi connectivity index (χ4v) is 1.65. The molecule has 0 saturated heterocycles. The summed E-state index contributed by atoms with van der Waals surface area (Å²) in [5.74, 6) is 1.68. The van der Waals surface area contributed by atoms with E-state index in [9.17, 15) is 0 Å². The first kappa shape index (κ1) is 12.2. The van der Waals surface area contributed by atoms with Crippen LogP contribution in [0.2, 0.25) is 0 Å². The second-order valence-corrected chi connectivity index (χ2v) is 3.73. The second kappa shape index (κ2) is 5.91. The molecule has 0 amide bonds. The maximum absolute atomic E-state index is 5.57. The van der Waals surface area contributed by atoms with Crippen LogP contribution in [0.4, 0.5) is 17.2 Å². The van der Waals surface area contributed by atoms with Crippen LogP contribution in [0, 0.1) is 0 Å². The second-order valence-electron chi connectivity index (χ2n) is 3.73. The van der Waals surface area contributed by atoms with E-state index in [2.05, 4.69) is 15.6 Å². The van der Waals surface area contributed by atoms with Gasteiger partial charge in [0, 0.05) is 25.0 Å². The number of benzene rings is 1. The van der Waals surface area contributed by atoms with Crippen molar-refractivity contribution in [1.82, 2.24) is 4.98 Å². The molecule has 2 aromatic rings. The number of nitrogens with zero attached hydrogens (tertiary/aromatic N) is 1. The van der Waals surface area contributed by atoms with Crippen molar-refractivity contribution in [3.8, 4) is 5.75 Å². The number of aromatic nitrogens is 1. The summed E-state index contributed by atoms with van der Waals surface area (Å²) >= 11 is 0. The normalized spacial score (nSPS) is 9.89. The van der Waals surface area contributed by atoms with Gasteiger partial charge in [-0.25, -0.2) is 4.98 Å². The first-order valence-corrected chi connectivity index (χ1v) is 5.96. The first-order chi connectivity index (χ1) is 8.83. The van der Waals surface area contributed by atoms with Crippen LogP contribution < -0.4 is 15.4 Å². The Morgan fingerprint density at radius 2 is 2.06 bits per heavy atom. The monoisotopic (exact) mass is 243 g/mol. The summed E-state index contributed by atoms with van der Waals surface area (Å²) < 4.78 is 5.57. The molecule has 2 N–H and O–H groups in total. The van der Waals surface area contributed by atoms with Gasteiger partial charge < -0.3 is 15.4 Å². The summed E-state index contributed by atoms with van der Waals surface area (Å²) in [5, 5.41) is 6.34. The maximum Gasteiger partial charge on any atom is 0.142 e. The fraction of sp³-hybridized carbons (Fsp3) is 0.214. The average Bonchev–Trinajstić information content (AvgIpc) is 2.41. The molecule has 4 nitrogen and oxygen atoms in total. The molecular weight excluding hydrogens is 226 g/mol. The number of hydrogen-bond donors (Lipinski definition) is 2. The van der Waals surface area contributed by atoms with Crippen molar-refractivity contribution >= 4 is 17.2 Å². The molecule has 0 unspecified atom stereocenters. The van der Waals surface area contributed by atoms with E-state index in [0.29, 0.717) is 6.61 Å². The lowest BCUT2D eigenvalue weighted by Gasteiger charge is -2.12. The molecule has 0 spiro atoms. The molecule has 0 radical (unpaired) electrons. The number of anilines is 3. The van der Waals surface area contributed by atoms with Crippen LogP contribution in [0.3, 0.4) is 0 Å². The molecule has 18 heavy (non-hydrogen) atoms. The lowest BCUT2D eigenvalue weighted by atomic mass is 10.2. The van der Waals surface area contributed by atoms with Crippen molar-refractivity contribution in [3.63, 3.8) is 0 Å². The Morgan fingerprint density at radius 1 is 1.22 bits per heavy atom. The Hall–Kier alpha value is -2.23. The quantitative estimate of drug-likeness (QED) is 0.846. The van der Waals surface area contributed by atoms with Gasteiger partial charge in [0.25, 0.3) is 0 Å². The summed E-state index contributed by atoms with van der Waals surface area (Å²) in [4.78, 5) is 4.18. The van der Waals surface area contributed by atoms with Crippen LogP contribution in [0.1, 0.15) is 6.92 Å². The molecule has 1 aromatic carbocycles. The Kier molecular flexibility index (Phi) is 4.02. The summed E-state index contributed by atoms with van der Waals surface area (Å²) in [6.07, 6.45) is 1.76. The van der Waals surface area contributed by atoms with Crippen molar-refractivity contribution in [2.24, 2.45) is 0 Å². The van der Waals surface area contributed by atoms with E-state index in [1.54, 1.807) is 6.20 Å². The van der Waals surface area contributed by atoms with E-state index in [1.165, 1.54) is 0 Å². The number of hydrogen-bond acceptors (Lipinski definition) is 4. The summed E-state index contributed by atoms with van der Waals surface area (Å²) in [7, 11) is 1.85. The third-order valence-electron chi connectivity index (χ3n) is 2.48. The third kappa shape index (κ3) is 2.91. The third-order valence-corrected chi connectivity index (χ3v) is 2.48. The number of ether oxygens (including phenoxy) is 1. The Labute approximate surface area is 107 Å². The number of nitrogens with one attached hydrogen (secondary N) is 2. The van der Waals surface area contributed by atoms with Gasteiger partial charge in [0.2, 0.25) is 0 Å². The van der Waals surface area contributed by atoms with E-state index in [-0.39, 0.29) is 0 Å². The summed E-state index contributed by atoms with van der Waals surface area (Å²) in [5.41, 5.74) is 1.93. The van der Waals surface area contributed by atoms with E-state index in [4.69, 9.17) is 4.74 Å². The smallest absolute Gasteiger partial charge is 0.142 e. The van der Waals surface area contributed by atoms with Gasteiger partial charge in [0.1, 0.15) is 11.6 Å². The molecule has 4 heteroatoms. The van der Waals surface area contributed by atoms with Crippen molar-refractivity contribution in [1.29, 1.82) is 0 Å². The minimum absolute atomic E-state index is 0.650. The molecule has 0 saturated carbocycles. The van der Waals surface area contributed by atoms with Gasteiger partial charge in [0.15, 0.2) is 0 Å². The molecule has 1 heterocycles. The Balaban J connectivity index is 2.22. The maximum atomic E-state index is 5.57. The van der Waals surface area contributed by atoms with Crippen molar-refractivity contribution < 1.29 is 4.74 Å². The van der Waals surface area contributed by atoms with Gasteiger partial charge in [-0.15, -0.1) is 0 Å². The topological polar surface area (TPSA) is 46.2 Å². The summed E-state index contributed by atoms with van der Waals surface area (Å²) in [6.45, 7) is 2.62. The van der Waals surface area contributed by atoms with E-state index in [1.807, 2.05) is 50.4 Å². The van der Waals surface area contributed by atoms with Gasteiger partial charge in [-0.1, -0.05) is 12.1 Å². The standard InChI is InChI=1S/C14H17N3O/c1-3-18-13-7-5-4-6-12(13)17-11-8-9-16-14(10-11)15-2/h4-10H,3H2,1-2H3,(H2,15,16,17). The van der Waals surface area contributed by atoms with Crippen molar-refractivity contribution in [2.75, 3.05) is 24.3 Å². The van der Waals surface area contributed by atoms with Crippen molar-refractivity contribution in [2.45, 2.75) is 6.92 Å². The molecule has 0 aliphatic heterocycles. The van der Waals surface area contributed by atoms with Crippen LogP contribution in [-0.2, 0) is 0 Å². The highest BCUT2D eigenvalue weighted by atomic mass is 16.5. The average molecular weight is 243 g/mol. The first-order valence-electron chi connectivity index (χ1n) is 5.96. The van der Waals surface area contributed by atoms with Gasteiger partial charge in [-0.2, -0.15) is 0 Å². The highest BCUT2D eigenvalue weighted by molar-refractivity contribution is 5.67. The lowest BCUT2D eigenvalue weighted by Crippen LogP contribution is -1.98. The number of rotatable bonds is 5. The summed E-state index contributed by atoms with van der Waals surface area (Å²) in [6, 6.07) is 11.7. The van der Waals surface area contributed by atoms with Gasteiger partial charge in [-0.05, 0) is 25.1 Å². The van der Waals surface area contributed by atoms with Gasteiger partial charge in [0.05, 0.1) is 12.3 Å². The Morgan fingerprint density at radius 3 is 2.83 bits per heavy atom. The molecule has 0 bridgehead atoms. The van der Waals surface area contributed by atoms with Crippen molar-refractivity contribution in [3.05, 3.63) is 42.6 Å². The van der Waals surface area contributed by atoms with Crippen LogP contribution in [0.5, 0.6) is 5.75 Å². The molecule has 0 atom stereocenters. The highest BCUT2D eigenvalue weighted by Gasteiger charge is 2.03. The van der Waals surface area contributed by atoms with Crippen LogP contribution in [-0.4, -0.2) is 18.6 Å². The predicted octanol–water partition coefficient (Wildman–Crippen LogP) is 3.27. The zero-order valence-electron chi connectivity index (χ0n) is 10.6. The van der Waals surface area contributed by atoms with Gasteiger partial charge >= 0.3 is 0 Å². The van der Waals surface area contributed by atoms with E-state index in [0.717, 1.165) is 22.9 Å². The highest BCUT2D eigenvalue weighted by Crippen LogP contribution is 2.27. The lowest BCUT2D eigenvalue weighted by molar-refractivity contribution is 0.342. The molecule has 2 rings (SSSR count). The molecule has 0 aliphatic carbocycles. The molecule has 1 aromatic heterocycles. The largest absolute Gasteiger partial charge is 0.492 e. The minimum Gasteiger partial charge on any atom is -0.492 e. The number of para-hydroxylation sites is 2. The van der Waals surface area contributed by atoms with Gasteiger partial charge in [-0.3, -0.25) is 0 Å². The van der Waals surface area contributed by atoms with E-state index < -0.39 is 0 Å². The van der Waals surface area contributed by atoms with Crippen LogP contribution >= 0.6 is 0 Å². The van der Waals surface area contributed by atoms with Crippen LogP contribution in [0.25, 0.3) is 0 Å². The zero-order valence-corrected chi connectivity index (χ0v) is 10.6. The number of pyridine rings is 1. The molecular formula is C14H17N3O. The predicted molar refractivity (Wildman–Crippen MR) is 74.7 cm³/mol. The van der Waals surface area contributed by atoms with E-state index >= 15 is 0 Å². The zero-order chi connectivity index (χ0) is 12.8. The van der Waals surface area contributed by atoms with Crippen LogP contribution in [0.15, 0.2) is 42.6 Å². The Bertz CT molecular complexity index is 514. The fourth-order valence-electron chi connectivity index (χ4n) is 1.65. The molecule has 0 aliphatic rings. The molecule has 94 valence electrons. The molecule has 0 fully saturated rings. The minimum atomic E-state index is 0.650.